The first-order valence-corrected chi connectivity index (χ1v) is 6.42. The summed E-state index contributed by atoms with van der Waals surface area (Å²) in [6.07, 6.45) is 3.30. The number of rotatable bonds is 3. The lowest BCUT2D eigenvalue weighted by Gasteiger charge is -2.26. The monoisotopic (exact) mass is 273 g/mol. The standard InChI is InChI=1S/C14H19N5O/c1-14(2,3)12(15)13(20)17-10-6-4-5-7-11(10)19-9-8-16-18-19/h4-9,12H,15H2,1-3H3,(H,17,20)/t12-/m0/s1. The van der Waals surface area contributed by atoms with Crippen LogP contribution in [0.2, 0.25) is 0 Å². The third-order valence-electron chi connectivity index (χ3n) is 3.05. The molecule has 6 heteroatoms. The van der Waals surface area contributed by atoms with Crippen molar-refractivity contribution in [2.24, 2.45) is 11.1 Å². The van der Waals surface area contributed by atoms with Gasteiger partial charge in [0, 0.05) is 0 Å². The molecule has 0 aliphatic rings. The highest BCUT2D eigenvalue weighted by molar-refractivity contribution is 5.96. The molecule has 1 aromatic carbocycles. The van der Waals surface area contributed by atoms with Gasteiger partial charge in [0.25, 0.3) is 0 Å². The van der Waals surface area contributed by atoms with E-state index < -0.39 is 6.04 Å². The van der Waals surface area contributed by atoms with Crippen LogP contribution in [0.1, 0.15) is 20.8 Å². The van der Waals surface area contributed by atoms with Gasteiger partial charge in [-0.1, -0.05) is 38.1 Å². The molecule has 0 spiro atoms. The average Bonchev–Trinajstić information content (AvgIpc) is 2.91. The summed E-state index contributed by atoms with van der Waals surface area (Å²) in [7, 11) is 0. The van der Waals surface area contributed by atoms with Crippen molar-refractivity contribution in [2.75, 3.05) is 5.32 Å². The summed E-state index contributed by atoms with van der Waals surface area (Å²) in [6.45, 7) is 5.79. The Morgan fingerprint density at radius 1 is 1.35 bits per heavy atom. The molecule has 106 valence electrons. The summed E-state index contributed by atoms with van der Waals surface area (Å²) in [5.74, 6) is -0.218. The molecule has 2 rings (SSSR count). The van der Waals surface area contributed by atoms with Crippen LogP contribution in [0.25, 0.3) is 5.69 Å². The van der Waals surface area contributed by atoms with E-state index in [-0.39, 0.29) is 11.3 Å². The second kappa shape index (κ2) is 5.42. The smallest absolute Gasteiger partial charge is 0.241 e. The summed E-state index contributed by atoms with van der Waals surface area (Å²) in [6, 6.07) is 6.79. The van der Waals surface area contributed by atoms with Gasteiger partial charge in [-0.05, 0) is 17.5 Å². The first-order chi connectivity index (χ1) is 9.39. The van der Waals surface area contributed by atoms with Crippen LogP contribution in [0.3, 0.4) is 0 Å². The molecular weight excluding hydrogens is 254 g/mol. The summed E-state index contributed by atoms with van der Waals surface area (Å²) in [4.78, 5) is 12.2. The highest BCUT2D eigenvalue weighted by Gasteiger charge is 2.27. The molecule has 0 bridgehead atoms. The van der Waals surface area contributed by atoms with Gasteiger partial charge in [-0.25, -0.2) is 4.68 Å². The van der Waals surface area contributed by atoms with Crippen LogP contribution in [-0.2, 0) is 4.79 Å². The van der Waals surface area contributed by atoms with Crippen LogP contribution < -0.4 is 11.1 Å². The van der Waals surface area contributed by atoms with Gasteiger partial charge in [-0.15, -0.1) is 5.10 Å². The number of nitrogens with two attached hydrogens (primary N) is 1. The number of benzene rings is 1. The van der Waals surface area contributed by atoms with Gasteiger partial charge >= 0.3 is 0 Å². The molecule has 2 aromatic rings. The Kier molecular flexibility index (Phi) is 3.85. The Bertz CT molecular complexity index is 586. The summed E-state index contributed by atoms with van der Waals surface area (Å²) in [5.41, 5.74) is 7.07. The van der Waals surface area contributed by atoms with Crippen molar-refractivity contribution < 1.29 is 4.79 Å². The van der Waals surface area contributed by atoms with Gasteiger partial charge in [0.15, 0.2) is 0 Å². The van der Waals surface area contributed by atoms with Crippen molar-refractivity contribution in [3.05, 3.63) is 36.7 Å². The van der Waals surface area contributed by atoms with Gasteiger partial charge in [0.1, 0.15) is 0 Å². The molecule has 1 amide bonds. The van der Waals surface area contributed by atoms with E-state index in [9.17, 15) is 4.79 Å². The number of nitrogens with one attached hydrogen (secondary N) is 1. The fraction of sp³-hybridized carbons (Fsp3) is 0.357. The van der Waals surface area contributed by atoms with Crippen molar-refractivity contribution in [3.8, 4) is 5.69 Å². The first kappa shape index (κ1) is 14.2. The van der Waals surface area contributed by atoms with E-state index in [1.54, 1.807) is 17.1 Å². The second-order valence-corrected chi connectivity index (χ2v) is 5.70. The van der Waals surface area contributed by atoms with Gasteiger partial charge in [0.2, 0.25) is 5.91 Å². The van der Waals surface area contributed by atoms with Crippen molar-refractivity contribution in [1.82, 2.24) is 15.0 Å². The number of carbonyl (C=O) groups excluding carboxylic acids is 1. The lowest BCUT2D eigenvalue weighted by atomic mass is 9.87. The van der Waals surface area contributed by atoms with E-state index >= 15 is 0 Å². The predicted octanol–water partition coefficient (Wildman–Crippen LogP) is 1.58. The fourth-order valence-corrected chi connectivity index (χ4v) is 1.72. The van der Waals surface area contributed by atoms with E-state index in [2.05, 4.69) is 15.6 Å². The van der Waals surface area contributed by atoms with E-state index in [0.717, 1.165) is 5.69 Å². The Labute approximate surface area is 118 Å². The summed E-state index contributed by atoms with van der Waals surface area (Å²) >= 11 is 0. The molecule has 1 atom stereocenters. The first-order valence-electron chi connectivity index (χ1n) is 6.42. The largest absolute Gasteiger partial charge is 0.323 e. The maximum Gasteiger partial charge on any atom is 0.241 e. The number of para-hydroxylation sites is 2. The molecule has 0 saturated heterocycles. The quantitative estimate of drug-likeness (QED) is 0.889. The van der Waals surface area contributed by atoms with Crippen LogP contribution in [0.5, 0.6) is 0 Å². The molecule has 0 fully saturated rings. The van der Waals surface area contributed by atoms with Gasteiger partial charge in [-0.2, -0.15) is 0 Å². The minimum atomic E-state index is -0.591. The van der Waals surface area contributed by atoms with Gasteiger partial charge < -0.3 is 11.1 Å². The van der Waals surface area contributed by atoms with Crippen LogP contribution in [0.15, 0.2) is 36.7 Å². The number of hydrogen-bond acceptors (Lipinski definition) is 4. The highest BCUT2D eigenvalue weighted by Crippen LogP contribution is 2.22. The molecule has 0 saturated carbocycles. The van der Waals surface area contributed by atoms with E-state index in [1.807, 2.05) is 45.0 Å². The van der Waals surface area contributed by atoms with Gasteiger partial charge in [0.05, 0.1) is 29.8 Å². The zero-order valence-corrected chi connectivity index (χ0v) is 11.9. The molecule has 0 aliphatic carbocycles. The van der Waals surface area contributed by atoms with Gasteiger partial charge in [-0.3, -0.25) is 4.79 Å². The number of amides is 1. The van der Waals surface area contributed by atoms with E-state index in [1.165, 1.54) is 0 Å². The topological polar surface area (TPSA) is 85.8 Å². The molecule has 0 aliphatic heterocycles. The molecule has 1 aromatic heterocycles. The van der Waals surface area contributed by atoms with E-state index in [0.29, 0.717) is 5.69 Å². The SMILES string of the molecule is CC(C)(C)[C@@H](N)C(=O)Nc1ccccc1-n1ccnn1. The Morgan fingerprint density at radius 3 is 2.65 bits per heavy atom. The van der Waals surface area contributed by atoms with E-state index in [4.69, 9.17) is 5.73 Å². The summed E-state index contributed by atoms with van der Waals surface area (Å²) < 4.78 is 1.60. The molecule has 3 N–H and O–H groups in total. The van der Waals surface area contributed by atoms with Crippen molar-refractivity contribution in [3.63, 3.8) is 0 Å². The Morgan fingerprint density at radius 2 is 2.05 bits per heavy atom. The number of anilines is 1. The zero-order chi connectivity index (χ0) is 14.8. The number of nitrogens with zero attached hydrogens (tertiary/aromatic N) is 3. The third-order valence-corrected chi connectivity index (χ3v) is 3.05. The molecular formula is C14H19N5O. The normalized spacial score (nSPS) is 13.0. The minimum absolute atomic E-state index is 0.218. The fourth-order valence-electron chi connectivity index (χ4n) is 1.72. The van der Waals surface area contributed by atoms with Crippen LogP contribution in [0.4, 0.5) is 5.69 Å². The minimum Gasteiger partial charge on any atom is -0.323 e. The second-order valence-electron chi connectivity index (χ2n) is 5.70. The van der Waals surface area contributed by atoms with Crippen LogP contribution >= 0.6 is 0 Å². The molecule has 6 nitrogen and oxygen atoms in total. The van der Waals surface area contributed by atoms with Crippen LogP contribution in [0, 0.1) is 5.41 Å². The van der Waals surface area contributed by atoms with Crippen LogP contribution in [-0.4, -0.2) is 26.9 Å². The molecule has 0 radical (unpaired) electrons. The summed E-state index contributed by atoms with van der Waals surface area (Å²) in [5, 5.41) is 10.6. The van der Waals surface area contributed by atoms with Crippen molar-refractivity contribution in [1.29, 1.82) is 0 Å². The van der Waals surface area contributed by atoms with Crippen molar-refractivity contribution >= 4 is 11.6 Å². The molecule has 0 unspecified atom stereocenters. The predicted molar refractivity (Wildman–Crippen MR) is 77.4 cm³/mol. The molecule has 1 heterocycles. The highest BCUT2D eigenvalue weighted by atomic mass is 16.2. The maximum atomic E-state index is 12.2. The number of carbonyl (C=O) groups is 1. The molecule has 20 heavy (non-hydrogen) atoms. The Hall–Kier alpha value is -2.21. The number of hydrogen-bond donors (Lipinski definition) is 2. The third kappa shape index (κ3) is 3.03. The zero-order valence-electron chi connectivity index (χ0n) is 11.9. The van der Waals surface area contributed by atoms with Crippen molar-refractivity contribution in [2.45, 2.75) is 26.8 Å². The lowest BCUT2D eigenvalue weighted by Crippen LogP contribution is -2.45. The lowest BCUT2D eigenvalue weighted by molar-refractivity contribution is -0.119. The number of aromatic nitrogens is 3. The Balaban J connectivity index is 2.25. The maximum absolute atomic E-state index is 12.2. The average molecular weight is 273 g/mol.